The normalized spacial score (nSPS) is 15.9. The van der Waals surface area contributed by atoms with Crippen molar-refractivity contribution in [3.8, 4) is 5.75 Å². The summed E-state index contributed by atoms with van der Waals surface area (Å²) in [4.78, 5) is 28.9. The lowest BCUT2D eigenvalue weighted by Crippen LogP contribution is -2.30. The number of ether oxygens (including phenoxy) is 2. The fourth-order valence-electron chi connectivity index (χ4n) is 2.98. The van der Waals surface area contributed by atoms with Gasteiger partial charge in [-0.2, -0.15) is 0 Å². The molecule has 3 heterocycles. The van der Waals surface area contributed by atoms with Gasteiger partial charge in [0, 0.05) is 17.3 Å². The number of aromatic nitrogens is 2. The van der Waals surface area contributed by atoms with E-state index in [1.54, 1.807) is 30.3 Å². The molecule has 0 amide bonds. The summed E-state index contributed by atoms with van der Waals surface area (Å²) in [5.41, 5.74) is 1.38. The van der Waals surface area contributed by atoms with Crippen LogP contribution in [0.15, 0.2) is 47.4 Å². The molecule has 0 N–H and O–H groups in total. The van der Waals surface area contributed by atoms with Gasteiger partial charge in [-0.3, -0.25) is 14.0 Å². The van der Waals surface area contributed by atoms with Gasteiger partial charge in [-0.05, 0) is 42.3 Å². The van der Waals surface area contributed by atoms with Crippen molar-refractivity contribution in [2.75, 3.05) is 6.61 Å². The van der Waals surface area contributed by atoms with Crippen LogP contribution in [0.5, 0.6) is 5.75 Å². The molecule has 0 bridgehead atoms. The van der Waals surface area contributed by atoms with Crippen molar-refractivity contribution in [2.24, 2.45) is 5.92 Å². The van der Waals surface area contributed by atoms with Crippen LogP contribution in [-0.4, -0.2) is 22.0 Å². The van der Waals surface area contributed by atoms with Crippen molar-refractivity contribution in [3.63, 3.8) is 0 Å². The highest BCUT2D eigenvalue weighted by Crippen LogP contribution is 2.30. The Morgan fingerprint density at radius 2 is 2.04 bits per heavy atom. The largest absolute Gasteiger partial charge is 0.492 e. The molecule has 8 heteroatoms. The predicted octanol–water partition coefficient (Wildman–Crippen LogP) is 3.30. The summed E-state index contributed by atoms with van der Waals surface area (Å²) in [5.74, 6) is -0.110. The summed E-state index contributed by atoms with van der Waals surface area (Å²) in [6.07, 6.45) is 1.98. The molecule has 6 nitrogen and oxygen atoms in total. The quantitative estimate of drug-likeness (QED) is 0.626. The van der Waals surface area contributed by atoms with E-state index >= 15 is 0 Å². The van der Waals surface area contributed by atoms with Gasteiger partial charge in [0.1, 0.15) is 24.6 Å². The third kappa shape index (κ3) is 3.77. The molecule has 3 aromatic rings. The Kier molecular flexibility index (Phi) is 4.76. The first-order valence-corrected chi connectivity index (χ1v) is 9.01. The van der Waals surface area contributed by atoms with Gasteiger partial charge < -0.3 is 9.47 Å². The molecule has 1 aromatic carbocycles. The number of carbonyl (C=O) groups is 1. The molecule has 0 aliphatic carbocycles. The number of esters is 1. The molecule has 1 atom stereocenters. The van der Waals surface area contributed by atoms with Crippen molar-refractivity contribution in [2.45, 2.75) is 13.0 Å². The number of hydrogen-bond acceptors (Lipinski definition) is 5. The van der Waals surface area contributed by atoms with Gasteiger partial charge in [-0.25, -0.2) is 4.98 Å². The number of fused-ring (bicyclic) bond motifs is 2. The smallest absolute Gasteiger partial charge is 0.313 e. The van der Waals surface area contributed by atoms with Crippen LogP contribution in [0.25, 0.3) is 5.65 Å². The zero-order valence-electron chi connectivity index (χ0n) is 14.0. The van der Waals surface area contributed by atoms with E-state index < -0.39 is 11.9 Å². The lowest BCUT2D eigenvalue weighted by molar-refractivity contribution is -0.151. The highest BCUT2D eigenvalue weighted by Gasteiger charge is 2.27. The summed E-state index contributed by atoms with van der Waals surface area (Å²) in [6, 6.07) is 9.91. The van der Waals surface area contributed by atoms with Crippen molar-refractivity contribution < 1.29 is 14.3 Å². The summed E-state index contributed by atoms with van der Waals surface area (Å²) < 4.78 is 12.3. The molecule has 138 valence electrons. The molecule has 0 radical (unpaired) electrons. The Morgan fingerprint density at radius 1 is 1.22 bits per heavy atom. The van der Waals surface area contributed by atoms with Crippen LogP contribution >= 0.6 is 23.2 Å². The molecule has 1 aliphatic heterocycles. The maximum absolute atomic E-state index is 12.4. The van der Waals surface area contributed by atoms with E-state index in [1.807, 2.05) is 0 Å². The standard InChI is InChI=1S/C19H14Cl2N2O4/c20-13-1-3-16-11(6-13)5-12(9-26-16)19(25)27-10-15-7-18(24)23-8-14(21)2-4-17(23)22-15/h1-4,6-8,12H,5,9-10H2. The highest BCUT2D eigenvalue weighted by molar-refractivity contribution is 6.30. The lowest BCUT2D eigenvalue weighted by atomic mass is 9.97. The number of carbonyl (C=O) groups excluding carboxylic acids is 1. The number of pyridine rings is 1. The summed E-state index contributed by atoms with van der Waals surface area (Å²) >= 11 is 11.9. The van der Waals surface area contributed by atoms with Crippen LogP contribution in [0.1, 0.15) is 11.3 Å². The summed E-state index contributed by atoms with van der Waals surface area (Å²) in [5, 5.41) is 1.02. The average molecular weight is 405 g/mol. The zero-order valence-corrected chi connectivity index (χ0v) is 15.5. The van der Waals surface area contributed by atoms with Gasteiger partial charge in [0.05, 0.1) is 16.6 Å². The van der Waals surface area contributed by atoms with Crippen LogP contribution < -0.4 is 10.3 Å². The number of halogens is 2. The van der Waals surface area contributed by atoms with Crippen LogP contribution in [0.4, 0.5) is 0 Å². The Labute approximate surface area is 164 Å². The third-order valence-electron chi connectivity index (χ3n) is 4.30. The Hall–Kier alpha value is -2.57. The van der Waals surface area contributed by atoms with Gasteiger partial charge in [-0.15, -0.1) is 0 Å². The maximum Gasteiger partial charge on any atom is 0.313 e. The Morgan fingerprint density at radius 3 is 2.89 bits per heavy atom. The van der Waals surface area contributed by atoms with Gasteiger partial charge in [-0.1, -0.05) is 23.2 Å². The van der Waals surface area contributed by atoms with Crippen molar-refractivity contribution >= 4 is 34.8 Å². The number of benzene rings is 1. The maximum atomic E-state index is 12.4. The molecule has 2 aromatic heterocycles. The average Bonchev–Trinajstić information content (AvgIpc) is 2.66. The molecular formula is C19H14Cl2N2O4. The van der Waals surface area contributed by atoms with Gasteiger partial charge in [0.2, 0.25) is 0 Å². The SMILES string of the molecule is O=C(OCc1cc(=O)n2cc(Cl)ccc2n1)C1COc2ccc(Cl)cc2C1. The first-order valence-electron chi connectivity index (χ1n) is 8.25. The Bertz CT molecular complexity index is 1100. The molecular weight excluding hydrogens is 391 g/mol. The molecule has 1 aliphatic rings. The number of nitrogens with zero attached hydrogens (tertiary/aromatic N) is 2. The lowest BCUT2D eigenvalue weighted by Gasteiger charge is -2.24. The second-order valence-corrected chi connectivity index (χ2v) is 7.11. The van der Waals surface area contributed by atoms with E-state index in [0.717, 1.165) is 11.3 Å². The van der Waals surface area contributed by atoms with Crippen LogP contribution in [-0.2, 0) is 22.6 Å². The van der Waals surface area contributed by atoms with Crippen LogP contribution in [0.3, 0.4) is 0 Å². The van der Waals surface area contributed by atoms with Crippen molar-refractivity contribution in [1.82, 2.24) is 9.38 Å². The predicted molar refractivity (Wildman–Crippen MR) is 100 cm³/mol. The number of rotatable bonds is 3. The van der Waals surface area contributed by atoms with Crippen molar-refractivity contribution in [3.05, 3.63) is 74.3 Å². The van der Waals surface area contributed by atoms with E-state index in [4.69, 9.17) is 32.7 Å². The number of hydrogen-bond donors (Lipinski definition) is 0. The fraction of sp³-hybridized carbons (Fsp3) is 0.211. The topological polar surface area (TPSA) is 69.9 Å². The monoisotopic (exact) mass is 404 g/mol. The first-order chi connectivity index (χ1) is 13.0. The van der Waals surface area contributed by atoms with E-state index in [-0.39, 0.29) is 18.8 Å². The van der Waals surface area contributed by atoms with Crippen LogP contribution in [0, 0.1) is 5.92 Å². The van der Waals surface area contributed by atoms with E-state index in [9.17, 15) is 9.59 Å². The van der Waals surface area contributed by atoms with E-state index in [2.05, 4.69) is 4.98 Å². The molecule has 0 saturated carbocycles. The molecule has 0 fully saturated rings. The molecule has 4 rings (SSSR count). The van der Waals surface area contributed by atoms with E-state index in [1.165, 1.54) is 16.7 Å². The molecule has 1 unspecified atom stereocenters. The molecule has 0 saturated heterocycles. The molecule has 0 spiro atoms. The highest BCUT2D eigenvalue weighted by atomic mass is 35.5. The van der Waals surface area contributed by atoms with E-state index in [0.29, 0.717) is 27.8 Å². The first kappa shape index (κ1) is 17.8. The minimum Gasteiger partial charge on any atom is -0.492 e. The fourth-order valence-corrected chi connectivity index (χ4v) is 3.33. The van der Waals surface area contributed by atoms with Crippen LogP contribution in [0.2, 0.25) is 10.0 Å². The second kappa shape index (κ2) is 7.21. The second-order valence-electron chi connectivity index (χ2n) is 6.23. The van der Waals surface area contributed by atoms with Gasteiger partial charge in [0.25, 0.3) is 5.56 Å². The minimum atomic E-state index is -0.434. The molecule has 27 heavy (non-hydrogen) atoms. The van der Waals surface area contributed by atoms with Gasteiger partial charge >= 0.3 is 5.97 Å². The Balaban J connectivity index is 1.46. The summed E-state index contributed by atoms with van der Waals surface area (Å²) in [6.45, 7) is 0.145. The summed E-state index contributed by atoms with van der Waals surface area (Å²) in [7, 11) is 0. The van der Waals surface area contributed by atoms with Crippen molar-refractivity contribution in [1.29, 1.82) is 0 Å². The third-order valence-corrected chi connectivity index (χ3v) is 4.76. The zero-order chi connectivity index (χ0) is 19.0. The van der Waals surface area contributed by atoms with Gasteiger partial charge in [0.15, 0.2) is 0 Å². The minimum absolute atomic E-state index is 0.0912.